The Morgan fingerprint density at radius 3 is 3.00 bits per heavy atom. The van der Waals surface area contributed by atoms with Crippen LogP contribution < -0.4 is 5.32 Å². The minimum absolute atomic E-state index is 0.105. The number of hydrogen-bond acceptors (Lipinski definition) is 3. The van der Waals surface area contributed by atoms with Crippen molar-refractivity contribution in [3.8, 4) is 5.75 Å². The minimum atomic E-state index is -0.755. The van der Waals surface area contributed by atoms with E-state index >= 15 is 0 Å². The zero-order valence-corrected chi connectivity index (χ0v) is 8.77. The number of amides is 1. The first-order valence-corrected chi connectivity index (χ1v) is 4.91. The smallest absolute Gasteiger partial charge is 0.254 e. The first kappa shape index (κ1) is 11.1. The van der Waals surface area contributed by atoms with Gasteiger partial charge in [-0.2, -0.15) is 5.10 Å². The number of carbonyl (C=O) groups excluding carboxylic acids is 1. The molecule has 3 N–H and O–H groups in total. The minimum Gasteiger partial charge on any atom is -0.508 e. The lowest BCUT2D eigenvalue weighted by Gasteiger charge is -2.04. The number of phenols is 1. The van der Waals surface area contributed by atoms with E-state index in [1.54, 1.807) is 12.4 Å². The molecule has 0 saturated heterocycles. The van der Waals surface area contributed by atoms with E-state index in [1.165, 1.54) is 12.1 Å². The number of nitrogens with zero attached hydrogens (tertiary/aromatic N) is 1. The summed E-state index contributed by atoms with van der Waals surface area (Å²) in [5.41, 5.74) is 0.684. The number of nitrogens with one attached hydrogen (secondary N) is 2. The van der Waals surface area contributed by atoms with Crippen molar-refractivity contribution in [3.63, 3.8) is 0 Å². The second-order valence-corrected chi connectivity index (χ2v) is 3.45. The Bertz CT molecular complexity index is 526. The topological polar surface area (TPSA) is 78.0 Å². The molecular formula is C11H10FN3O2. The highest BCUT2D eigenvalue weighted by Crippen LogP contribution is 2.14. The molecule has 0 aliphatic heterocycles. The predicted octanol–water partition coefficient (Wildman–Crippen LogP) is 1.18. The van der Waals surface area contributed by atoms with Crippen molar-refractivity contribution in [2.45, 2.75) is 6.54 Å². The molecule has 0 saturated carbocycles. The molecule has 0 fully saturated rings. The van der Waals surface area contributed by atoms with Gasteiger partial charge in [-0.15, -0.1) is 0 Å². The number of benzene rings is 1. The molecule has 0 aliphatic rings. The maximum absolute atomic E-state index is 13.3. The van der Waals surface area contributed by atoms with Crippen LogP contribution in [0.3, 0.4) is 0 Å². The number of rotatable bonds is 3. The Labute approximate surface area is 96.3 Å². The molecule has 1 aromatic heterocycles. The molecule has 2 rings (SSSR count). The molecule has 1 heterocycles. The van der Waals surface area contributed by atoms with E-state index in [9.17, 15) is 9.18 Å². The van der Waals surface area contributed by atoms with Crippen molar-refractivity contribution in [1.29, 1.82) is 0 Å². The molecule has 0 atom stereocenters. The summed E-state index contributed by atoms with van der Waals surface area (Å²) >= 11 is 0. The van der Waals surface area contributed by atoms with Crippen molar-refractivity contribution in [2.24, 2.45) is 0 Å². The fourth-order valence-corrected chi connectivity index (χ4v) is 1.34. The summed E-state index contributed by atoms with van der Waals surface area (Å²) in [5.74, 6) is -1.51. The average molecular weight is 235 g/mol. The van der Waals surface area contributed by atoms with Crippen LogP contribution in [0.5, 0.6) is 5.75 Å². The van der Waals surface area contributed by atoms with E-state index in [1.807, 2.05) is 0 Å². The highest BCUT2D eigenvalue weighted by molar-refractivity contribution is 5.94. The normalized spacial score (nSPS) is 10.2. The van der Waals surface area contributed by atoms with Gasteiger partial charge in [0, 0.05) is 24.4 Å². The lowest BCUT2D eigenvalue weighted by molar-refractivity contribution is 0.0947. The van der Waals surface area contributed by atoms with Crippen molar-refractivity contribution < 1.29 is 14.3 Å². The van der Waals surface area contributed by atoms with Crippen LogP contribution in [0, 0.1) is 5.82 Å². The monoisotopic (exact) mass is 235 g/mol. The van der Waals surface area contributed by atoms with Gasteiger partial charge in [0.2, 0.25) is 0 Å². The predicted molar refractivity (Wildman–Crippen MR) is 57.8 cm³/mol. The molecule has 0 spiro atoms. The molecule has 1 aromatic carbocycles. The Kier molecular flexibility index (Phi) is 3.04. The first-order chi connectivity index (χ1) is 8.16. The van der Waals surface area contributed by atoms with Crippen LogP contribution in [0.25, 0.3) is 0 Å². The van der Waals surface area contributed by atoms with Gasteiger partial charge in [0.15, 0.2) is 0 Å². The second kappa shape index (κ2) is 4.65. The van der Waals surface area contributed by atoms with Crippen molar-refractivity contribution in [2.75, 3.05) is 0 Å². The van der Waals surface area contributed by atoms with E-state index in [0.29, 0.717) is 0 Å². The molecule has 6 heteroatoms. The van der Waals surface area contributed by atoms with Crippen molar-refractivity contribution in [3.05, 3.63) is 47.5 Å². The van der Waals surface area contributed by atoms with Gasteiger partial charge in [0.25, 0.3) is 5.91 Å². The molecule has 17 heavy (non-hydrogen) atoms. The van der Waals surface area contributed by atoms with Crippen LogP contribution in [-0.4, -0.2) is 21.2 Å². The van der Waals surface area contributed by atoms with Crippen LogP contribution in [0.15, 0.2) is 30.6 Å². The van der Waals surface area contributed by atoms with E-state index < -0.39 is 11.7 Å². The van der Waals surface area contributed by atoms with E-state index in [2.05, 4.69) is 15.5 Å². The summed E-state index contributed by atoms with van der Waals surface area (Å²) < 4.78 is 13.3. The van der Waals surface area contributed by atoms with E-state index in [4.69, 9.17) is 5.11 Å². The number of aromatic hydroxyl groups is 1. The van der Waals surface area contributed by atoms with E-state index in [0.717, 1.165) is 11.6 Å². The van der Waals surface area contributed by atoms with Gasteiger partial charge in [-0.05, 0) is 12.1 Å². The van der Waals surface area contributed by atoms with Gasteiger partial charge in [-0.25, -0.2) is 4.39 Å². The number of phenolic OH excluding ortho intramolecular Hbond substituents is 1. The molecule has 0 bridgehead atoms. The van der Waals surface area contributed by atoms with Crippen LogP contribution in [-0.2, 0) is 6.54 Å². The SMILES string of the molecule is O=C(NCc1cn[nH]c1)c1ccc(O)cc1F. The Morgan fingerprint density at radius 2 is 2.35 bits per heavy atom. The third kappa shape index (κ3) is 2.60. The summed E-state index contributed by atoms with van der Waals surface area (Å²) in [7, 11) is 0. The Hall–Kier alpha value is -2.37. The third-order valence-electron chi connectivity index (χ3n) is 2.21. The zero-order chi connectivity index (χ0) is 12.3. The fourth-order valence-electron chi connectivity index (χ4n) is 1.34. The number of H-pyrrole nitrogens is 1. The molecule has 5 nitrogen and oxygen atoms in total. The molecule has 88 valence electrons. The number of hydrogen-bond donors (Lipinski definition) is 3. The summed E-state index contributed by atoms with van der Waals surface area (Å²) in [4.78, 5) is 11.6. The standard InChI is InChI=1S/C11H10FN3O2/c12-10-3-8(16)1-2-9(10)11(17)13-4-7-5-14-15-6-7/h1-3,5-6,16H,4H2,(H,13,17)(H,14,15). The van der Waals surface area contributed by atoms with Crippen LogP contribution in [0.2, 0.25) is 0 Å². The Morgan fingerprint density at radius 1 is 1.53 bits per heavy atom. The van der Waals surface area contributed by atoms with Crippen molar-refractivity contribution in [1.82, 2.24) is 15.5 Å². The van der Waals surface area contributed by atoms with Gasteiger partial charge in [0.1, 0.15) is 11.6 Å². The lowest BCUT2D eigenvalue weighted by atomic mass is 10.2. The summed E-state index contributed by atoms with van der Waals surface area (Å²) in [6, 6.07) is 3.39. The molecular weight excluding hydrogens is 225 g/mol. The Balaban J connectivity index is 2.04. The second-order valence-electron chi connectivity index (χ2n) is 3.45. The number of carbonyl (C=O) groups is 1. The average Bonchev–Trinajstić information content (AvgIpc) is 2.78. The summed E-state index contributed by atoms with van der Waals surface area (Å²) in [5, 5.41) is 17.9. The molecule has 2 aromatic rings. The first-order valence-electron chi connectivity index (χ1n) is 4.91. The molecule has 1 amide bonds. The van der Waals surface area contributed by atoms with Crippen LogP contribution in [0.1, 0.15) is 15.9 Å². The molecule has 0 aliphatic carbocycles. The third-order valence-corrected chi connectivity index (χ3v) is 2.21. The maximum atomic E-state index is 13.3. The van der Waals surface area contributed by atoms with Crippen molar-refractivity contribution >= 4 is 5.91 Å². The lowest BCUT2D eigenvalue weighted by Crippen LogP contribution is -2.23. The molecule has 0 radical (unpaired) electrons. The van der Waals surface area contributed by atoms with Crippen LogP contribution in [0.4, 0.5) is 4.39 Å². The summed E-state index contributed by atoms with van der Waals surface area (Å²) in [6.07, 6.45) is 3.20. The van der Waals surface area contributed by atoms with Gasteiger partial charge < -0.3 is 10.4 Å². The van der Waals surface area contributed by atoms with Gasteiger partial charge in [0.05, 0.1) is 11.8 Å². The maximum Gasteiger partial charge on any atom is 0.254 e. The molecule has 0 unspecified atom stereocenters. The zero-order valence-electron chi connectivity index (χ0n) is 8.77. The number of aromatic nitrogens is 2. The van der Waals surface area contributed by atoms with Gasteiger partial charge in [-0.3, -0.25) is 9.89 Å². The van der Waals surface area contributed by atoms with Gasteiger partial charge in [-0.1, -0.05) is 0 Å². The quantitative estimate of drug-likeness (QED) is 0.747. The summed E-state index contributed by atoms with van der Waals surface area (Å²) in [6.45, 7) is 0.260. The van der Waals surface area contributed by atoms with Gasteiger partial charge >= 0.3 is 0 Å². The number of halogens is 1. The number of aromatic amines is 1. The van der Waals surface area contributed by atoms with E-state index in [-0.39, 0.29) is 17.9 Å². The fraction of sp³-hybridized carbons (Fsp3) is 0.0909. The largest absolute Gasteiger partial charge is 0.508 e. The highest BCUT2D eigenvalue weighted by Gasteiger charge is 2.11. The highest BCUT2D eigenvalue weighted by atomic mass is 19.1. The van der Waals surface area contributed by atoms with Crippen LogP contribution >= 0.6 is 0 Å².